The summed E-state index contributed by atoms with van der Waals surface area (Å²) in [6.45, 7) is 3.17. The highest BCUT2D eigenvalue weighted by Crippen LogP contribution is 2.30. The third kappa shape index (κ3) is 4.03. The Morgan fingerprint density at radius 1 is 1.14 bits per heavy atom. The monoisotopic (exact) mass is 381 g/mol. The maximum absolute atomic E-state index is 12.3. The van der Waals surface area contributed by atoms with Crippen molar-refractivity contribution >= 4 is 17.6 Å². The number of amides is 3. The number of nitrogens with zero attached hydrogens (tertiary/aromatic N) is 1. The van der Waals surface area contributed by atoms with E-state index in [4.69, 9.17) is 9.47 Å². The Kier molecular flexibility index (Phi) is 5.06. The molecule has 7 nitrogen and oxygen atoms in total. The van der Waals surface area contributed by atoms with Gasteiger partial charge in [-0.1, -0.05) is 29.8 Å². The first-order chi connectivity index (χ1) is 13.6. The van der Waals surface area contributed by atoms with Crippen LogP contribution in [0.5, 0.6) is 11.5 Å². The number of carbonyl (C=O) groups excluding carboxylic acids is 2. The normalized spacial score (nSPS) is 20.8. The Labute approximate surface area is 163 Å². The van der Waals surface area contributed by atoms with E-state index in [1.807, 2.05) is 55.5 Å². The third-order valence-corrected chi connectivity index (χ3v) is 4.86. The van der Waals surface area contributed by atoms with Gasteiger partial charge >= 0.3 is 6.03 Å². The quantitative estimate of drug-likeness (QED) is 0.851. The van der Waals surface area contributed by atoms with Crippen molar-refractivity contribution in [1.82, 2.24) is 10.6 Å². The summed E-state index contributed by atoms with van der Waals surface area (Å²) in [5, 5.41) is 5.67. The van der Waals surface area contributed by atoms with Gasteiger partial charge < -0.3 is 25.0 Å². The molecule has 2 aliphatic heterocycles. The second-order valence-electron chi connectivity index (χ2n) is 7.09. The Morgan fingerprint density at radius 3 is 2.68 bits per heavy atom. The molecule has 2 aromatic rings. The summed E-state index contributed by atoms with van der Waals surface area (Å²) in [7, 11) is 0. The molecule has 0 saturated carbocycles. The van der Waals surface area contributed by atoms with Crippen LogP contribution in [-0.4, -0.2) is 43.8 Å². The maximum Gasteiger partial charge on any atom is 0.315 e. The van der Waals surface area contributed by atoms with Gasteiger partial charge in [0.25, 0.3) is 0 Å². The number of nitrogens with one attached hydrogen (secondary N) is 2. The predicted octanol–water partition coefficient (Wildman–Crippen LogP) is 2.24. The average molecular weight is 381 g/mol. The topological polar surface area (TPSA) is 79.9 Å². The van der Waals surface area contributed by atoms with Crippen molar-refractivity contribution in [2.45, 2.75) is 25.5 Å². The Bertz CT molecular complexity index is 868. The average Bonchev–Trinajstić information content (AvgIpc) is 3.06. The molecule has 146 valence electrons. The molecule has 1 fully saturated rings. The van der Waals surface area contributed by atoms with E-state index in [2.05, 4.69) is 10.6 Å². The number of urea groups is 1. The first kappa shape index (κ1) is 18.2. The van der Waals surface area contributed by atoms with E-state index in [1.165, 1.54) is 0 Å². The number of fused-ring (bicyclic) bond motifs is 1. The zero-order valence-electron chi connectivity index (χ0n) is 15.7. The molecule has 0 aromatic heterocycles. The lowest BCUT2D eigenvalue weighted by molar-refractivity contribution is -0.117. The van der Waals surface area contributed by atoms with Crippen LogP contribution in [0.4, 0.5) is 10.5 Å². The molecule has 2 unspecified atom stereocenters. The molecule has 2 aromatic carbocycles. The Hall–Kier alpha value is -3.22. The molecular formula is C21H23N3O4. The molecule has 1 saturated heterocycles. The molecule has 2 aliphatic rings. The number of hydrogen-bond donors (Lipinski definition) is 2. The summed E-state index contributed by atoms with van der Waals surface area (Å²) < 4.78 is 11.5. The summed E-state index contributed by atoms with van der Waals surface area (Å²) in [5.41, 5.74) is 1.99. The SMILES string of the molecule is Cc1ccc(N2CC(NC(=O)NCC3COc4ccccc4O3)CC2=O)cc1. The zero-order valence-corrected chi connectivity index (χ0v) is 15.7. The van der Waals surface area contributed by atoms with E-state index >= 15 is 0 Å². The largest absolute Gasteiger partial charge is 0.486 e. The highest BCUT2D eigenvalue weighted by Gasteiger charge is 2.31. The van der Waals surface area contributed by atoms with E-state index in [-0.39, 0.29) is 30.5 Å². The smallest absolute Gasteiger partial charge is 0.315 e. The summed E-state index contributed by atoms with van der Waals surface area (Å²) in [4.78, 5) is 26.2. The van der Waals surface area contributed by atoms with E-state index in [1.54, 1.807) is 4.90 Å². The Morgan fingerprint density at radius 2 is 1.89 bits per heavy atom. The van der Waals surface area contributed by atoms with E-state index in [9.17, 15) is 9.59 Å². The molecule has 0 spiro atoms. The lowest BCUT2D eigenvalue weighted by atomic mass is 10.2. The Balaban J connectivity index is 1.25. The fourth-order valence-electron chi connectivity index (χ4n) is 3.39. The van der Waals surface area contributed by atoms with Gasteiger partial charge in [0, 0.05) is 18.7 Å². The minimum Gasteiger partial charge on any atom is -0.486 e. The highest BCUT2D eigenvalue weighted by molar-refractivity contribution is 5.96. The maximum atomic E-state index is 12.3. The number of rotatable bonds is 4. The number of aryl methyl sites for hydroxylation is 1. The van der Waals surface area contributed by atoms with Crippen LogP contribution in [0.1, 0.15) is 12.0 Å². The van der Waals surface area contributed by atoms with Gasteiger partial charge in [-0.25, -0.2) is 4.79 Å². The van der Waals surface area contributed by atoms with Crippen LogP contribution in [0.3, 0.4) is 0 Å². The molecule has 4 rings (SSSR count). The van der Waals surface area contributed by atoms with Crippen molar-refractivity contribution in [3.63, 3.8) is 0 Å². The first-order valence-corrected chi connectivity index (χ1v) is 9.38. The zero-order chi connectivity index (χ0) is 19.5. The van der Waals surface area contributed by atoms with Crippen LogP contribution in [-0.2, 0) is 4.79 Å². The number of anilines is 1. The van der Waals surface area contributed by atoms with Crippen LogP contribution in [0.25, 0.3) is 0 Å². The number of hydrogen-bond acceptors (Lipinski definition) is 4. The van der Waals surface area contributed by atoms with Crippen molar-refractivity contribution in [3.8, 4) is 11.5 Å². The highest BCUT2D eigenvalue weighted by atomic mass is 16.6. The minimum absolute atomic E-state index is 0.00905. The molecule has 2 atom stereocenters. The molecule has 0 aliphatic carbocycles. The molecular weight excluding hydrogens is 358 g/mol. The van der Waals surface area contributed by atoms with Crippen LogP contribution in [0.15, 0.2) is 48.5 Å². The van der Waals surface area contributed by atoms with Crippen molar-refractivity contribution in [2.75, 3.05) is 24.6 Å². The van der Waals surface area contributed by atoms with Gasteiger partial charge in [-0.2, -0.15) is 0 Å². The van der Waals surface area contributed by atoms with Gasteiger partial charge in [0.15, 0.2) is 17.6 Å². The van der Waals surface area contributed by atoms with Crippen LogP contribution >= 0.6 is 0 Å². The number of carbonyl (C=O) groups is 2. The first-order valence-electron chi connectivity index (χ1n) is 9.38. The molecule has 2 heterocycles. The van der Waals surface area contributed by atoms with Crippen LogP contribution < -0.4 is 25.0 Å². The molecule has 3 amide bonds. The van der Waals surface area contributed by atoms with Gasteiger partial charge in [0.05, 0.1) is 12.6 Å². The molecule has 0 radical (unpaired) electrons. The van der Waals surface area contributed by atoms with E-state index in [0.29, 0.717) is 31.2 Å². The molecule has 0 bridgehead atoms. The predicted molar refractivity (Wildman–Crippen MR) is 105 cm³/mol. The summed E-state index contributed by atoms with van der Waals surface area (Å²) >= 11 is 0. The fourth-order valence-corrected chi connectivity index (χ4v) is 3.39. The lowest BCUT2D eigenvalue weighted by Crippen LogP contribution is -2.47. The molecule has 7 heteroatoms. The van der Waals surface area contributed by atoms with Crippen LogP contribution in [0.2, 0.25) is 0 Å². The van der Waals surface area contributed by atoms with Crippen molar-refractivity contribution in [1.29, 1.82) is 0 Å². The van der Waals surface area contributed by atoms with Crippen molar-refractivity contribution in [2.24, 2.45) is 0 Å². The van der Waals surface area contributed by atoms with E-state index < -0.39 is 0 Å². The van der Waals surface area contributed by atoms with Crippen molar-refractivity contribution in [3.05, 3.63) is 54.1 Å². The third-order valence-electron chi connectivity index (χ3n) is 4.86. The fraction of sp³-hybridized carbons (Fsp3) is 0.333. The van der Waals surface area contributed by atoms with Gasteiger partial charge in [-0.15, -0.1) is 0 Å². The molecule has 28 heavy (non-hydrogen) atoms. The number of benzene rings is 2. The lowest BCUT2D eigenvalue weighted by Gasteiger charge is -2.26. The molecule has 2 N–H and O–H groups in total. The van der Waals surface area contributed by atoms with Gasteiger partial charge in [0.2, 0.25) is 5.91 Å². The van der Waals surface area contributed by atoms with Gasteiger partial charge in [-0.05, 0) is 31.2 Å². The van der Waals surface area contributed by atoms with Gasteiger partial charge in [-0.3, -0.25) is 4.79 Å². The number of para-hydroxylation sites is 2. The second kappa shape index (κ2) is 7.80. The summed E-state index contributed by atoms with van der Waals surface area (Å²) in [6.07, 6.45) is 0.0347. The summed E-state index contributed by atoms with van der Waals surface area (Å²) in [6, 6.07) is 14.7. The number of ether oxygens (including phenoxy) is 2. The van der Waals surface area contributed by atoms with Gasteiger partial charge in [0.1, 0.15) is 6.61 Å². The second-order valence-corrected chi connectivity index (χ2v) is 7.09. The minimum atomic E-state index is -0.314. The summed E-state index contributed by atoms with van der Waals surface area (Å²) in [5.74, 6) is 1.40. The standard InChI is InChI=1S/C21H23N3O4/c1-14-6-8-16(9-7-14)24-12-15(10-20(24)25)23-21(26)22-11-17-13-27-18-4-2-3-5-19(18)28-17/h2-9,15,17H,10-13H2,1H3,(H2,22,23,26). The van der Waals surface area contributed by atoms with Crippen molar-refractivity contribution < 1.29 is 19.1 Å². The van der Waals surface area contributed by atoms with Crippen LogP contribution in [0, 0.1) is 6.92 Å². The van der Waals surface area contributed by atoms with E-state index in [0.717, 1.165) is 11.3 Å².